The summed E-state index contributed by atoms with van der Waals surface area (Å²) in [6.45, 7) is 13.6. The Morgan fingerprint density at radius 1 is 0.458 bits per heavy atom. The third-order valence-corrected chi connectivity index (χ3v) is 18.3. The predicted molar refractivity (Wildman–Crippen MR) is 197 cm³/mol. The van der Waals surface area contributed by atoms with Gasteiger partial charge in [-0.25, -0.2) is 0 Å². The minimum absolute atomic E-state index is 0. The van der Waals surface area contributed by atoms with Crippen molar-refractivity contribution in [1.29, 1.82) is 0 Å². The number of ketones is 2. The third kappa shape index (κ3) is 5.84. The second-order valence-corrected chi connectivity index (χ2v) is 19.7. The van der Waals surface area contributed by atoms with Gasteiger partial charge in [0.05, 0.1) is 12.2 Å². The molecule has 16 atom stereocenters. The molecule has 0 aromatic carbocycles. The van der Waals surface area contributed by atoms with Gasteiger partial charge in [0.25, 0.3) is 0 Å². The van der Waals surface area contributed by atoms with Crippen molar-refractivity contribution in [2.45, 2.75) is 184 Å². The molecule has 8 rings (SSSR count). The summed E-state index contributed by atoms with van der Waals surface area (Å²) in [6, 6.07) is 0. The van der Waals surface area contributed by atoms with E-state index in [1.165, 1.54) is 77.0 Å². The summed E-state index contributed by atoms with van der Waals surface area (Å²) in [5, 5.41) is 20.2. The minimum atomic E-state index is -0.0490. The highest BCUT2D eigenvalue weighted by Crippen LogP contribution is 2.69. The van der Waals surface area contributed by atoms with Gasteiger partial charge in [0.15, 0.2) is 0 Å². The highest BCUT2D eigenvalue weighted by atomic mass is 16.3. The second kappa shape index (κ2) is 13.7. The van der Waals surface area contributed by atoms with Gasteiger partial charge in [-0.05, 0) is 198 Å². The van der Waals surface area contributed by atoms with Gasteiger partial charge in [0, 0.05) is 11.8 Å². The van der Waals surface area contributed by atoms with Crippen LogP contribution in [0.2, 0.25) is 0 Å². The van der Waals surface area contributed by atoms with Crippen molar-refractivity contribution in [3.8, 4) is 0 Å². The van der Waals surface area contributed by atoms with Crippen LogP contribution in [0, 0.1) is 80.8 Å². The van der Waals surface area contributed by atoms with Crippen LogP contribution in [-0.2, 0) is 9.59 Å². The Bertz CT molecular complexity index is 1090. The molecule has 2 N–H and O–H groups in total. The summed E-state index contributed by atoms with van der Waals surface area (Å²) < 4.78 is 0. The lowest BCUT2D eigenvalue weighted by molar-refractivity contribution is -0.138. The fourth-order valence-electron chi connectivity index (χ4n) is 15.8. The van der Waals surface area contributed by atoms with E-state index in [1.54, 1.807) is 0 Å². The summed E-state index contributed by atoms with van der Waals surface area (Å²) >= 11 is 0. The van der Waals surface area contributed by atoms with Gasteiger partial charge in [-0.15, -0.1) is 0 Å². The van der Waals surface area contributed by atoms with E-state index >= 15 is 0 Å². The first kappa shape index (κ1) is 38.5. The van der Waals surface area contributed by atoms with E-state index in [4.69, 9.17) is 0 Å². The maximum atomic E-state index is 12.2. The molecule has 0 aliphatic heterocycles. The maximum Gasteiger partial charge on any atom is 0.133 e. The number of hydrogen-bond acceptors (Lipinski definition) is 4. The number of hydrogen-bond donors (Lipinski definition) is 2. The molecule has 276 valence electrons. The topological polar surface area (TPSA) is 74.6 Å². The smallest absolute Gasteiger partial charge is 0.133 e. The molecule has 0 aromatic heterocycles. The molecule has 48 heavy (non-hydrogen) atoms. The predicted octanol–water partition coefficient (Wildman–Crippen LogP) is 10.5. The van der Waals surface area contributed by atoms with Crippen molar-refractivity contribution in [1.82, 2.24) is 0 Å². The van der Waals surface area contributed by atoms with E-state index in [2.05, 4.69) is 27.7 Å². The molecule has 7 unspecified atom stereocenters. The highest BCUT2D eigenvalue weighted by molar-refractivity contribution is 5.80. The molecular weight excluding hydrogens is 592 g/mol. The summed E-state index contributed by atoms with van der Waals surface area (Å²) in [5.74, 6) is 7.94. The van der Waals surface area contributed by atoms with Crippen LogP contribution in [-0.4, -0.2) is 34.0 Å². The average molecular weight is 669 g/mol. The number of carbonyl (C=O) groups is 2. The van der Waals surface area contributed by atoms with Crippen molar-refractivity contribution < 1.29 is 19.8 Å². The van der Waals surface area contributed by atoms with Crippen molar-refractivity contribution in [2.24, 2.45) is 80.8 Å². The fraction of sp³-hybridized carbons (Fsp3) is 0.955. The Balaban J connectivity index is 0.000000180. The van der Waals surface area contributed by atoms with Gasteiger partial charge in [-0.3, -0.25) is 9.59 Å². The Kier molecular flexibility index (Phi) is 11.0. The summed E-state index contributed by atoms with van der Waals surface area (Å²) in [5.41, 5.74) is 1.48. The number of fused-ring (bicyclic) bond motifs is 10. The molecule has 8 aliphatic rings. The van der Waals surface area contributed by atoms with Gasteiger partial charge in [-0.2, -0.15) is 0 Å². The molecule has 4 heteroatoms. The van der Waals surface area contributed by atoms with Gasteiger partial charge in [0.1, 0.15) is 11.6 Å². The average Bonchev–Trinajstić information content (AvgIpc) is 3.55. The lowest BCUT2D eigenvalue weighted by Crippen LogP contribution is -2.54. The monoisotopic (exact) mass is 669 g/mol. The normalized spacial score (nSPS) is 53.3. The minimum Gasteiger partial charge on any atom is -0.393 e. The molecule has 0 amide bonds. The van der Waals surface area contributed by atoms with E-state index in [0.29, 0.717) is 34.2 Å². The Hall–Kier alpha value is -0.740. The zero-order valence-electron chi connectivity index (χ0n) is 30.4. The first-order chi connectivity index (χ1) is 21.7. The molecule has 0 saturated heterocycles. The van der Waals surface area contributed by atoms with Crippen molar-refractivity contribution in [2.75, 3.05) is 0 Å². The Morgan fingerprint density at radius 2 is 0.792 bits per heavy atom. The molecule has 0 heterocycles. The lowest BCUT2D eigenvalue weighted by atomic mass is 9.44. The maximum absolute atomic E-state index is 12.2. The number of carbonyl (C=O) groups excluding carboxylic acids is 2. The van der Waals surface area contributed by atoms with Crippen LogP contribution < -0.4 is 0 Å². The summed E-state index contributed by atoms with van der Waals surface area (Å²) in [6.07, 6.45) is 21.8. The molecular formula is C44H76O4. The number of rotatable bonds is 2. The van der Waals surface area contributed by atoms with Crippen LogP contribution in [0.1, 0.15) is 172 Å². The zero-order chi connectivity index (χ0) is 32.8. The van der Waals surface area contributed by atoms with Crippen molar-refractivity contribution in [3.63, 3.8) is 0 Å². The van der Waals surface area contributed by atoms with Crippen LogP contribution in [0.4, 0.5) is 0 Å². The third-order valence-electron chi connectivity index (χ3n) is 18.3. The molecule has 0 bridgehead atoms. The molecule has 0 spiro atoms. The van der Waals surface area contributed by atoms with Gasteiger partial charge < -0.3 is 10.2 Å². The van der Waals surface area contributed by atoms with E-state index in [1.807, 2.05) is 13.8 Å². The number of Topliss-reactive ketones (excluding diaryl/α,β-unsaturated/α-hetero) is 2. The van der Waals surface area contributed by atoms with E-state index < -0.39 is 0 Å². The van der Waals surface area contributed by atoms with Gasteiger partial charge in [-0.1, -0.05) is 42.5 Å². The summed E-state index contributed by atoms with van der Waals surface area (Å²) in [4.78, 5) is 24.3. The second-order valence-electron chi connectivity index (χ2n) is 19.7. The van der Waals surface area contributed by atoms with E-state index in [-0.39, 0.29) is 37.9 Å². The first-order valence-corrected chi connectivity index (χ1v) is 20.1. The fourth-order valence-corrected chi connectivity index (χ4v) is 15.8. The van der Waals surface area contributed by atoms with Crippen molar-refractivity contribution >= 4 is 11.6 Å². The van der Waals surface area contributed by atoms with Crippen LogP contribution in [0.3, 0.4) is 0 Å². The quantitative estimate of drug-likeness (QED) is 0.307. The molecule has 0 radical (unpaired) electrons. The van der Waals surface area contributed by atoms with Crippen LogP contribution in [0.15, 0.2) is 0 Å². The summed E-state index contributed by atoms with van der Waals surface area (Å²) in [7, 11) is 0. The standard InChI is InChI=1S/2C21H34O2.2CH4/c2*1-13(22)17-6-7-18-16-5-4-14-12-15(23)8-10-20(14,2)19(16)9-11-21(17,18)3;;/h2*14-19,23H,4-12H2,1-3H3;2*1H4/t14-,15+,16?,17?,18?,19?,20-,21+;14-,15+,16?,17+,18?,19?,20-,21+;;/m00../s1. The van der Waals surface area contributed by atoms with Crippen LogP contribution in [0.25, 0.3) is 0 Å². The molecule has 8 saturated carbocycles. The Morgan fingerprint density at radius 3 is 1.15 bits per heavy atom. The molecule has 4 nitrogen and oxygen atoms in total. The SMILES string of the molecule is C.C.CC(=O)C1CCC2C3CC[C@H]4C[C@H](O)CC[C@]4(C)C3CC[C@]12C.CC(=O)[C@H]1CCC2C3CC[C@H]4C[C@H](O)CC[C@]4(C)C3CC[C@@]21C. The largest absolute Gasteiger partial charge is 0.393 e. The first-order valence-electron chi connectivity index (χ1n) is 20.1. The lowest BCUT2D eigenvalue weighted by Gasteiger charge is -2.60. The molecule has 8 aliphatic carbocycles. The van der Waals surface area contributed by atoms with Crippen molar-refractivity contribution in [3.05, 3.63) is 0 Å². The number of aliphatic hydroxyl groups is 2. The zero-order valence-corrected chi connectivity index (χ0v) is 30.4. The number of aliphatic hydroxyl groups excluding tert-OH is 2. The van der Waals surface area contributed by atoms with E-state index in [9.17, 15) is 19.8 Å². The van der Waals surface area contributed by atoms with E-state index in [0.717, 1.165) is 85.9 Å². The van der Waals surface area contributed by atoms with Gasteiger partial charge >= 0.3 is 0 Å². The Labute approximate surface area is 295 Å². The van der Waals surface area contributed by atoms with Crippen LogP contribution >= 0.6 is 0 Å². The highest BCUT2D eigenvalue weighted by Gasteiger charge is 2.62. The van der Waals surface area contributed by atoms with Gasteiger partial charge in [0.2, 0.25) is 0 Å². The van der Waals surface area contributed by atoms with Crippen LogP contribution in [0.5, 0.6) is 0 Å². The molecule has 8 fully saturated rings. The molecule has 0 aromatic rings.